The molecule has 4 rings (SSSR count). The van der Waals surface area contributed by atoms with Gasteiger partial charge in [0.2, 0.25) is 5.65 Å². The van der Waals surface area contributed by atoms with Crippen LogP contribution in [0.5, 0.6) is 11.5 Å². The summed E-state index contributed by atoms with van der Waals surface area (Å²) in [4.78, 5) is 9.23. The molecule has 6 heteroatoms. The summed E-state index contributed by atoms with van der Waals surface area (Å²) in [5.74, 6) is 1.23. The molecular weight excluding hydrogens is 280 g/mol. The van der Waals surface area contributed by atoms with Gasteiger partial charge < -0.3 is 9.47 Å². The fourth-order valence-corrected chi connectivity index (χ4v) is 2.49. The summed E-state index contributed by atoms with van der Waals surface area (Å²) in [6, 6.07) is 11.3. The van der Waals surface area contributed by atoms with E-state index in [4.69, 9.17) is 9.47 Å². The van der Waals surface area contributed by atoms with E-state index in [9.17, 15) is 0 Å². The summed E-state index contributed by atoms with van der Waals surface area (Å²) in [7, 11) is 3.19. The molecule has 0 fully saturated rings. The van der Waals surface area contributed by atoms with E-state index in [0.29, 0.717) is 22.7 Å². The van der Waals surface area contributed by atoms with Crippen LogP contribution in [0.1, 0.15) is 0 Å². The van der Waals surface area contributed by atoms with Crippen LogP contribution in [0.15, 0.2) is 36.4 Å². The molecular formula is C16H12N4O2. The molecule has 0 aliphatic carbocycles. The lowest BCUT2D eigenvalue weighted by molar-refractivity contribution is 0.355. The first-order chi connectivity index (χ1) is 10.8. The Morgan fingerprint density at radius 1 is 0.773 bits per heavy atom. The van der Waals surface area contributed by atoms with Gasteiger partial charge in [-0.15, -0.1) is 10.2 Å². The number of hydrogen-bond donors (Lipinski definition) is 0. The average molecular weight is 292 g/mol. The van der Waals surface area contributed by atoms with Gasteiger partial charge in [-0.25, -0.2) is 9.97 Å². The molecule has 0 bridgehead atoms. The molecule has 2 aromatic heterocycles. The summed E-state index contributed by atoms with van der Waals surface area (Å²) in [6.07, 6.45) is 0. The Morgan fingerprint density at radius 2 is 1.45 bits per heavy atom. The summed E-state index contributed by atoms with van der Waals surface area (Å²) in [5.41, 5.74) is 3.45. The first-order valence-electron chi connectivity index (χ1n) is 6.75. The van der Waals surface area contributed by atoms with Crippen molar-refractivity contribution in [2.45, 2.75) is 0 Å². The molecule has 0 aliphatic heterocycles. The van der Waals surface area contributed by atoms with Gasteiger partial charge in [0.25, 0.3) is 0 Å². The molecule has 0 unspecified atom stereocenters. The zero-order chi connectivity index (χ0) is 15.1. The fraction of sp³-hybridized carbons (Fsp3) is 0.125. The van der Waals surface area contributed by atoms with Crippen molar-refractivity contribution in [3.05, 3.63) is 36.4 Å². The molecule has 0 saturated carbocycles. The molecule has 6 nitrogen and oxygen atoms in total. The van der Waals surface area contributed by atoms with Gasteiger partial charge in [-0.05, 0) is 6.07 Å². The van der Waals surface area contributed by atoms with Crippen molar-refractivity contribution in [1.82, 2.24) is 20.2 Å². The smallest absolute Gasteiger partial charge is 0.201 e. The second-order valence-corrected chi connectivity index (χ2v) is 4.81. The molecule has 0 atom stereocenters. The van der Waals surface area contributed by atoms with E-state index in [-0.39, 0.29) is 0 Å². The van der Waals surface area contributed by atoms with Gasteiger partial charge in [-0.3, -0.25) is 0 Å². The van der Waals surface area contributed by atoms with Crippen molar-refractivity contribution < 1.29 is 9.47 Å². The minimum atomic E-state index is 0.512. The maximum Gasteiger partial charge on any atom is 0.201 e. The highest BCUT2D eigenvalue weighted by Crippen LogP contribution is 2.31. The summed E-state index contributed by atoms with van der Waals surface area (Å²) < 4.78 is 10.6. The second-order valence-electron chi connectivity index (χ2n) is 4.81. The van der Waals surface area contributed by atoms with E-state index in [2.05, 4.69) is 20.2 Å². The van der Waals surface area contributed by atoms with Gasteiger partial charge >= 0.3 is 0 Å². The fourth-order valence-electron chi connectivity index (χ4n) is 2.49. The third-order valence-electron chi connectivity index (χ3n) is 3.56. The van der Waals surface area contributed by atoms with Gasteiger partial charge in [0, 0.05) is 17.5 Å². The van der Waals surface area contributed by atoms with E-state index in [1.807, 2.05) is 30.3 Å². The predicted molar refractivity (Wildman–Crippen MR) is 83.2 cm³/mol. The van der Waals surface area contributed by atoms with Crippen LogP contribution in [-0.4, -0.2) is 34.4 Å². The van der Waals surface area contributed by atoms with Crippen molar-refractivity contribution in [2.24, 2.45) is 0 Å². The molecule has 2 heterocycles. The lowest BCUT2D eigenvalue weighted by atomic mass is 10.2. The number of rotatable bonds is 2. The third-order valence-corrected chi connectivity index (χ3v) is 3.56. The summed E-state index contributed by atoms with van der Waals surface area (Å²) >= 11 is 0. The van der Waals surface area contributed by atoms with Crippen LogP contribution in [0.2, 0.25) is 0 Å². The molecule has 0 saturated heterocycles. The second kappa shape index (κ2) is 4.77. The maximum atomic E-state index is 5.32. The average Bonchev–Trinajstić information content (AvgIpc) is 2.58. The Morgan fingerprint density at radius 3 is 2.18 bits per heavy atom. The maximum absolute atomic E-state index is 5.32. The highest BCUT2D eigenvalue weighted by molar-refractivity contribution is 6.02. The van der Waals surface area contributed by atoms with Gasteiger partial charge in [0.1, 0.15) is 5.52 Å². The Balaban J connectivity index is 2.12. The SMILES string of the molecule is COc1cc2nc3nnc4ccccc4c3nc2cc1OC. The van der Waals surface area contributed by atoms with Gasteiger partial charge in [-0.2, -0.15) is 0 Å². The van der Waals surface area contributed by atoms with Crippen LogP contribution in [0.4, 0.5) is 0 Å². The minimum Gasteiger partial charge on any atom is -0.493 e. The van der Waals surface area contributed by atoms with Gasteiger partial charge in [0.05, 0.1) is 30.8 Å². The van der Waals surface area contributed by atoms with Crippen LogP contribution < -0.4 is 9.47 Å². The Bertz CT molecular complexity index is 1020. The zero-order valence-corrected chi connectivity index (χ0v) is 12.1. The molecule has 0 radical (unpaired) electrons. The molecule has 108 valence electrons. The summed E-state index contributed by atoms with van der Waals surface area (Å²) in [5, 5.41) is 9.27. The molecule has 22 heavy (non-hydrogen) atoms. The normalized spacial score (nSPS) is 11.2. The molecule has 0 spiro atoms. The first-order valence-corrected chi connectivity index (χ1v) is 6.75. The molecule has 0 N–H and O–H groups in total. The number of benzene rings is 2. The Hall–Kier alpha value is -3.02. The predicted octanol–water partition coefficient (Wildman–Crippen LogP) is 2.74. The van der Waals surface area contributed by atoms with Crippen molar-refractivity contribution >= 4 is 33.1 Å². The van der Waals surface area contributed by atoms with Crippen molar-refractivity contribution in [3.63, 3.8) is 0 Å². The summed E-state index contributed by atoms with van der Waals surface area (Å²) in [6.45, 7) is 0. The molecule has 4 aromatic rings. The number of methoxy groups -OCH3 is 2. The monoisotopic (exact) mass is 292 g/mol. The molecule has 2 aromatic carbocycles. The van der Waals surface area contributed by atoms with E-state index in [1.54, 1.807) is 20.3 Å². The van der Waals surface area contributed by atoms with Crippen LogP contribution >= 0.6 is 0 Å². The largest absolute Gasteiger partial charge is 0.493 e. The standard InChI is InChI=1S/C16H12N4O2/c1-21-13-7-11-12(8-14(13)22-2)18-16-15(17-11)9-5-3-4-6-10(9)19-20-16/h3-8H,1-2H3. The van der Waals surface area contributed by atoms with Crippen molar-refractivity contribution in [2.75, 3.05) is 14.2 Å². The topological polar surface area (TPSA) is 70.0 Å². The third kappa shape index (κ3) is 1.81. The van der Waals surface area contributed by atoms with E-state index in [1.165, 1.54) is 0 Å². The van der Waals surface area contributed by atoms with E-state index in [0.717, 1.165) is 21.9 Å². The van der Waals surface area contributed by atoms with Crippen LogP contribution in [0, 0.1) is 0 Å². The first kappa shape index (κ1) is 12.7. The number of nitrogens with zero attached hydrogens (tertiary/aromatic N) is 4. The van der Waals surface area contributed by atoms with Crippen molar-refractivity contribution in [1.29, 1.82) is 0 Å². The molecule has 0 aliphatic rings. The number of hydrogen-bond acceptors (Lipinski definition) is 6. The Kier molecular flexibility index (Phi) is 2.75. The van der Waals surface area contributed by atoms with Crippen LogP contribution in [0.25, 0.3) is 33.1 Å². The Labute approximate surface area is 125 Å². The van der Waals surface area contributed by atoms with E-state index < -0.39 is 0 Å². The lowest BCUT2D eigenvalue weighted by Gasteiger charge is -2.09. The number of ether oxygens (including phenoxy) is 2. The lowest BCUT2D eigenvalue weighted by Crippen LogP contribution is -1.96. The molecule has 0 amide bonds. The van der Waals surface area contributed by atoms with Crippen molar-refractivity contribution in [3.8, 4) is 11.5 Å². The van der Waals surface area contributed by atoms with Crippen LogP contribution in [0.3, 0.4) is 0 Å². The number of aromatic nitrogens is 4. The highest BCUT2D eigenvalue weighted by atomic mass is 16.5. The van der Waals surface area contributed by atoms with Gasteiger partial charge in [-0.1, -0.05) is 18.2 Å². The minimum absolute atomic E-state index is 0.512. The van der Waals surface area contributed by atoms with Gasteiger partial charge in [0.15, 0.2) is 11.5 Å². The quantitative estimate of drug-likeness (QED) is 0.418. The van der Waals surface area contributed by atoms with E-state index >= 15 is 0 Å². The van der Waals surface area contributed by atoms with Crippen LogP contribution in [-0.2, 0) is 0 Å². The number of fused-ring (bicyclic) bond motifs is 4. The zero-order valence-electron chi connectivity index (χ0n) is 12.1. The highest BCUT2D eigenvalue weighted by Gasteiger charge is 2.11.